The first kappa shape index (κ1) is 24.1. The van der Waals surface area contributed by atoms with Gasteiger partial charge in [-0.05, 0) is 32.4 Å². The van der Waals surface area contributed by atoms with E-state index in [1.807, 2.05) is 13.0 Å². The van der Waals surface area contributed by atoms with Crippen molar-refractivity contribution in [3.05, 3.63) is 40.4 Å². The number of carbonyl (C=O) groups excluding carboxylic acids is 2. The molecule has 1 unspecified atom stereocenters. The average molecular weight is 515 g/mol. The predicted octanol–water partition coefficient (Wildman–Crippen LogP) is 2.61. The van der Waals surface area contributed by atoms with Crippen LogP contribution >= 0.6 is 0 Å². The van der Waals surface area contributed by atoms with E-state index in [9.17, 15) is 14.7 Å². The quantitative estimate of drug-likeness (QED) is 0.474. The fraction of sp³-hybridized carbons (Fsp3) is 0.556. The molecule has 1 fully saturated rings. The van der Waals surface area contributed by atoms with Crippen LogP contribution in [0.4, 0.5) is 0 Å². The molecule has 0 radical (unpaired) electrons. The molecule has 0 amide bonds. The minimum atomic E-state index is -1.60. The number of hydrogen-bond acceptors (Lipinski definition) is 10. The molecular formula is C27H30O10. The maximum Gasteiger partial charge on any atom is 0.333 e. The van der Waals surface area contributed by atoms with E-state index < -0.39 is 46.5 Å². The number of ether oxygens (including phenoxy) is 7. The molecule has 10 heteroatoms. The van der Waals surface area contributed by atoms with Crippen LogP contribution in [0.25, 0.3) is 0 Å². The number of carbonyl (C=O) groups is 2. The second kappa shape index (κ2) is 7.64. The van der Waals surface area contributed by atoms with E-state index in [1.165, 1.54) is 14.2 Å². The Morgan fingerprint density at radius 1 is 1.19 bits per heavy atom. The summed E-state index contributed by atoms with van der Waals surface area (Å²) in [5.41, 5.74) is -2.65. The van der Waals surface area contributed by atoms with Crippen LogP contribution in [0.2, 0.25) is 0 Å². The smallest absolute Gasteiger partial charge is 0.333 e. The van der Waals surface area contributed by atoms with E-state index in [2.05, 4.69) is 0 Å². The molecule has 0 aromatic heterocycles. The third kappa shape index (κ3) is 2.67. The van der Waals surface area contributed by atoms with E-state index in [0.717, 1.165) is 5.56 Å². The van der Waals surface area contributed by atoms with Crippen molar-refractivity contribution in [2.24, 2.45) is 5.92 Å². The van der Waals surface area contributed by atoms with Crippen LogP contribution in [0.1, 0.15) is 51.3 Å². The van der Waals surface area contributed by atoms with Gasteiger partial charge in [0.25, 0.3) is 0 Å². The Balaban J connectivity index is 1.71. The van der Waals surface area contributed by atoms with Gasteiger partial charge in [0.2, 0.25) is 24.1 Å². The van der Waals surface area contributed by atoms with Gasteiger partial charge >= 0.3 is 5.97 Å². The zero-order valence-electron chi connectivity index (χ0n) is 21.6. The number of aliphatic hydroxyl groups is 1. The van der Waals surface area contributed by atoms with Crippen molar-refractivity contribution in [3.8, 4) is 17.2 Å². The number of methoxy groups -OCH3 is 2. The van der Waals surface area contributed by atoms with Gasteiger partial charge in [0.05, 0.1) is 20.3 Å². The lowest BCUT2D eigenvalue weighted by atomic mass is 9.51. The molecule has 1 aliphatic carbocycles. The zero-order chi connectivity index (χ0) is 26.5. The lowest BCUT2D eigenvalue weighted by Gasteiger charge is -2.64. The molecule has 1 saturated heterocycles. The molecule has 6 rings (SSSR count). The van der Waals surface area contributed by atoms with Gasteiger partial charge in [0.15, 0.2) is 23.4 Å². The third-order valence-electron chi connectivity index (χ3n) is 8.86. The average Bonchev–Trinajstić information content (AvgIpc) is 3.51. The highest BCUT2D eigenvalue weighted by atomic mass is 16.7. The SMILES string of the molecule is C/C=C(/C)C(=O)O[C@@H]1[C@@](C)(O)[C@@H](C)[C@H]2O[C@@]13CC(=O)C(OC)=C(OC)C31COc3c4c(cc2c31)OCO4. The minimum absolute atomic E-state index is 0.0215. The van der Waals surface area contributed by atoms with Gasteiger partial charge in [-0.3, -0.25) is 4.79 Å². The van der Waals surface area contributed by atoms with Gasteiger partial charge in [-0.25, -0.2) is 4.79 Å². The fourth-order valence-electron chi connectivity index (χ4n) is 6.79. The van der Waals surface area contributed by atoms with E-state index in [4.69, 9.17) is 33.2 Å². The van der Waals surface area contributed by atoms with E-state index in [-0.39, 0.29) is 31.3 Å². The van der Waals surface area contributed by atoms with Crippen molar-refractivity contribution in [2.45, 2.75) is 62.9 Å². The molecule has 2 bridgehead atoms. The van der Waals surface area contributed by atoms with Crippen LogP contribution in [-0.2, 0) is 34.0 Å². The summed E-state index contributed by atoms with van der Waals surface area (Å²) in [5.74, 6) is 0.0958. The summed E-state index contributed by atoms with van der Waals surface area (Å²) in [6.07, 6.45) is -0.523. The lowest BCUT2D eigenvalue weighted by molar-refractivity contribution is -0.319. The lowest BCUT2D eigenvalue weighted by Crippen LogP contribution is -2.77. The van der Waals surface area contributed by atoms with Crippen molar-refractivity contribution >= 4 is 11.8 Å². The fourth-order valence-corrected chi connectivity index (χ4v) is 6.79. The maximum atomic E-state index is 13.6. The largest absolute Gasteiger partial charge is 0.496 e. The van der Waals surface area contributed by atoms with Crippen molar-refractivity contribution in [1.29, 1.82) is 0 Å². The second-order valence-corrected chi connectivity index (χ2v) is 10.5. The van der Waals surface area contributed by atoms with Crippen LogP contribution in [0.15, 0.2) is 29.2 Å². The van der Waals surface area contributed by atoms with Gasteiger partial charge in [0, 0.05) is 23.5 Å². The van der Waals surface area contributed by atoms with E-state index >= 15 is 0 Å². The summed E-state index contributed by atoms with van der Waals surface area (Å²) in [6.45, 7) is 6.81. The van der Waals surface area contributed by atoms with Crippen molar-refractivity contribution in [2.75, 3.05) is 27.6 Å². The van der Waals surface area contributed by atoms with Crippen molar-refractivity contribution in [3.63, 3.8) is 0 Å². The molecule has 37 heavy (non-hydrogen) atoms. The van der Waals surface area contributed by atoms with Gasteiger partial charge in [-0.1, -0.05) is 13.0 Å². The number of allylic oxidation sites excluding steroid dienone is 2. The standard InChI is InChI=1S/C27H30O10/c1-7-12(2)23(29)36-24-25(4,30)13(3)18-14-8-16-20(35-11-34-16)21-17(14)26(10-33-21)22(32-6)19(31-5)15(28)9-27(24,26)37-18/h7-8,13,18,24,30H,9-11H2,1-6H3/b12-7-/t13-,18+,24+,25-,26?,27-/m0/s1. The molecule has 1 N–H and O–H groups in total. The summed E-state index contributed by atoms with van der Waals surface area (Å²) in [5, 5.41) is 12.1. The van der Waals surface area contributed by atoms with Gasteiger partial charge < -0.3 is 38.3 Å². The predicted molar refractivity (Wildman–Crippen MR) is 126 cm³/mol. The molecule has 10 nitrogen and oxygen atoms in total. The molecular weight excluding hydrogens is 484 g/mol. The highest BCUT2D eigenvalue weighted by Gasteiger charge is 2.79. The van der Waals surface area contributed by atoms with Crippen molar-refractivity contribution in [1.82, 2.24) is 0 Å². The topological polar surface area (TPSA) is 119 Å². The number of esters is 1. The van der Waals surface area contributed by atoms with Crippen molar-refractivity contribution < 1.29 is 47.9 Å². The summed E-state index contributed by atoms with van der Waals surface area (Å²) in [6, 6.07) is 1.84. The normalized spacial score (nSPS) is 37.0. The van der Waals surface area contributed by atoms with Crippen LogP contribution in [0.3, 0.4) is 0 Å². The number of fused-ring (bicyclic) bond motifs is 4. The summed E-state index contributed by atoms with van der Waals surface area (Å²) in [7, 11) is 2.84. The van der Waals surface area contributed by atoms with E-state index in [0.29, 0.717) is 28.4 Å². The molecule has 1 aromatic carbocycles. The summed E-state index contributed by atoms with van der Waals surface area (Å²) >= 11 is 0. The Labute approximate surface area is 214 Å². The summed E-state index contributed by atoms with van der Waals surface area (Å²) in [4.78, 5) is 26.7. The van der Waals surface area contributed by atoms with Crippen LogP contribution in [-0.4, -0.2) is 61.8 Å². The Morgan fingerprint density at radius 3 is 2.62 bits per heavy atom. The molecule has 5 aliphatic rings. The van der Waals surface area contributed by atoms with Gasteiger partial charge in [-0.2, -0.15) is 0 Å². The first-order chi connectivity index (χ1) is 17.6. The molecule has 4 aliphatic heterocycles. The highest BCUT2D eigenvalue weighted by Crippen LogP contribution is 2.70. The first-order valence-electron chi connectivity index (χ1n) is 12.3. The Bertz CT molecular complexity index is 1290. The second-order valence-electron chi connectivity index (χ2n) is 10.5. The molecule has 4 heterocycles. The van der Waals surface area contributed by atoms with Crippen LogP contribution in [0, 0.1) is 5.92 Å². The maximum absolute atomic E-state index is 13.6. The first-order valence-corrected chi connectivity index (χ1v) is 12.3. The number of hydrogen-bond donors (Lipinski definition) is 1. The molecule has 2 spiro atoms. The Hall–Kier alpha value is -3.24. The zero-order valence-corrected chi connectivity index (χ0v) is 21.6. The van der Waals surface area contributed by atoms with E-state index in [1.54, 1.807) is 26.8 Å². The van der Waals surface area contributed by atoms with Gasteiger partial charge in [-0.15, -0.1) is 0 Å². The monoisotopic (exact) mass is 514 g/mol. The van der Waals surface area contributed by atoms with Gasteiger partial charge in [0.1, 0.15) is 23.2 Å². The summed E-state index contributed by atoms with van der Waals surface area (Å²) < 4.78 is 42.2. The van der Waals surface area contributed by atoms with Crippen LogP contribution < -0.4 is 14.2 Å². The number of ketones is 1. The highest BCUT2D eigenvalue weighted by molar-refractivity contribution is 5.98. The van der Waals surface area contributed by atoms with Crippen LogP contribution in [0.5, 0.6) is 17.2 Å². The molecule has 198 valence electrons. The number of Topliss-reactive ketones (excluding diaryl/α,β-unsaturated/α-hetero) is 1. The third-order valence-corrected chi connectivity index (χ3v) is 8.86. The number of rotatable bonds is 4. The molecule has 0 saturated carbocycles. The Kier molecular flexibility index (Phi) is 4.98. The molecule has 6 atom stereocenters. The number of benzene rings is 1. The Morgan fingerprint density at radius 2 is 1.95 bits per heavy atom. The molecule has 1 aromatic rings. The minimum Gasteiger partial charge on any atom is -0.496 e.